The first-order chi connectivity index (χ1) is 15.2. The van der Waals surface area contributed by atoms with Crippen molar-refractivity contribution in [1.82, 2.24) is 15.2 Å². The molecule has 0 unspecified atom stereocenters. The summed E-state index contributed by atoms with van der Waals surface area (Å²) in [5.41, 5.74) is 2.76. The molecule has 3 aromatic rings. The Hall–Kier alpha value is -3.85. The summed E-state index contributed by atoms with van der Waals surface area (Å²) >= 11 is 0. The summed E-state index contributed by atoms with van der Waals surface area (Å²) in [5.74, 6) is -4.07. The number of halogens is 1. The van der Waals surface area contributed by atoms with Crippen molar-refractivity contribution in [2.24, 2.45) is 0 Å². The van der Waals surface area contributed by atoms with Gasteiger partial charge in [0.05, 0.1) is 16.8 Å². The van der Waals surface area contributed by atoms with Gasteiger partial charge in [-0.15, -0.1) is 0 Å². The summed E-state index contributed by atoms with van der Waals surface area (Å²) < 4.78 is 13.2. The molecule has 32 heavy (non-hydrogen) atoms. The number of carboxylic acids is 2. The number of para-hydroxylation sites is 1. The van der Waals surface area contributed by atoms with Gasteiger partial charge in [-0.05, 0) is 63.5 Å². The van der Waals surface area contributed by atoms with Crippen molar-refractivity contribution >= 4 is 28.7 Å². The fourth-order valence-corrected chi connectivity index (χ4v) is 2.82. The van der Waals surface area contributed by atoms with Gasteiger partial charge in [0.15, 0.2) is 0 Å². The zero-order valence-corrected chi connectivity index (χ0v) is 17.7. The number of benzene rings is 2. The molecule has 1 aromatic heterocycles. The minimum atomic E-state index is -1.82. The van der Waals surface area contributed by atoms with Crippen molar-refractivity contribution in [3.05, 3.63) is 66.0 Å². The lowest BCUT2D eigenvalue weighted by atomic mass is 10.0. The van der Waals surface area contributed by atoms with Gasteiger partial charge in [0.1, 0.15) is 5.82 Å². The number of nitrogens with one attached hydrogen (secondary N) is 1. The van der Waals surface area contributed by atoms with Crippen LogP contribution in [0.15, 0.2) is 54.6 Å². The van der Waals surface area contributed by atoms with Crippen molar-refractivity contribution < 1.29 is 29.0 Å². The lowest BCUT2D eigenvalue weighted by Crippen LogP contribution is -2.27. The van der Waals surface area contributed by atoms with Crippen LogP contribution in [0.5, 0.6) is 0 Å². The minimum Gasteiger partial charge on any atom is -0.473 e. The van der Waals surface area contributed by atoms with Crippen LogP contribution in [0.3, 0.4) is 0 Å². The highest BCUT2D eigenvalue weighted by Crippen LogP contribution is 2.25. The Kier molecular flexibility index (Phi) is 8.79. The van der Waals surface area contributed by atoms with E-state index < -0.39 is 11.9 Å². The summed E-state index contributed by atoms with van der Waals surface area (Å²) in [7, 11) is 4.01. The Bertz CT molecular complexity index is 1090. The summed E-state index contributed by atoms with van der Waals surface area (Å²) in [6, 6.07) is 15.5. The third kappa shape index (κ3) is 7.13. The van der Waals surface area contributed by atoms with E-state index in [2.05, 4.69) is 15.2 Å². The fraction of sp³-hybridized carbons (Fsp3) is 0.217. The molecule has 2 aromatic carbocycles. The standard InChI is InChI=1S/C21H22FN3O.C2H2O4/c1-25(2)13-5-12-23-21(26)18-14-20(15-8-10-16(22)11-9-15)24-19-7-4-3-6-17(18)19;3-1(4)2(5)6/h3-4,6-11,14H,5,12-13H2,1-2H3,(H,23,26);(H,3,4)(H,5,6). The van der Waals surface area contributed by atoms with Gasteiger partial charge >= 0.3 is 11.9 Å². The van der Waals surface area contributed by atoms with E-state index in [0.717, 1.165) is 29.4 Å². The molecule has 0 aliphatic carbocycles. The Labute approximate surface area is 184 Å². The lowest BCUT2D eigenvalue weighted by Gasteiger charge is -2.12. The van der Waals surface area contributed by atoms with Crippen molar-refractivity contribution in [3.8, 4) is 11.3 Å². The number of carbonyl (C=O) groups excluding carboxylic acids is 1. The van der Waals surface area contributed by atoms with Gasteiger partial charge in [0, 0.05) is 17.5 Å². The van der Waals surface area contributed by atoms with E-state index in [0.29, 0.717) is 17.8 Å². The summed E-state index contributed by atoms with van der Waals surface area (Å²) in [6.45, 7) is 1.53. The third-order valence-corrected chi connectivity index (χ3v) is 4.35. The van der Waals surface area contributed by atoms with Crippen LogP contribution in [-0.2, 0) is 9.59 Å². The maximum absolute atomic E-state index is 13.2. The first-order valence-electron chi connectivity index (χ1n) is 9.74. The van der Waals surface area contributed by atoms with Crippen molar-refractivity contribution in [2.75, 3.05) is 27.2 Å². The highest BCUT2D eigenvalue weighted by Gasteiger charge is 2.13. The number of rotatable bonds is 6. The number of fused-ring (bicyclic) bond motifs is 1. The molecular weight excluding hydrogens is 417 g/mol. The van der Waals surface area contributed by atoms with Crippen LogP contribution in [-0.4, -0.2) is 65.1 Å². The summed E-state index contributed by atoms with van der Waals surface area (Å²) in [5, 5.41) is 18.6. The number of nitrogens with zero attached hydrogens (tertiary/aromatic N) is 2. The second-order valence-corrected chi connectivity index (χ2v) is 7.10. The van der Waals surface area contributed by atoms with Crippen LogP contribution in [0.4, 0.5) is 4.39 Å². The Balaban J connectivity index is 0.000000534. The van der Waals surface area contributed by atoms with E-state index in [1.54, 1.807) is 18.2 Å². The summed E-state index contributed by atoms with van der Waals surface area (Å²) in [4.78, 5) is 37.6. The monoisotopic (exact) mass is 441 g/mol. The maximum Gasteiger partial charge on any atom is 0.414 e. The Morgan fingerprint density at radius 1 is 1.00 bits per heavy atom. The summed E-state index contributed by atoms with van der Waals surface area (Å²) in [6.07, 6.45) is 0.882. The van der Waals surface area contributed by atoms with Crippen molar-refractivity contribution in [1.29, 1.82) is 0 Å². The average Bonchev–Trinajstić information content (AvgIpc) is 2.76. The van der Waals surface area contributed by atoms with Gasteiger partial charge in [-0.2, -0.15) is 0 Å². The Morgan fingerprint density at radius 3 is 2.22 bits per heavy atom. The predicted octanol–water partition coefficient (Wildman–Crippen LogP) is 2.88. The van der Waals surface area contributed by atoms with E-state index in [4.69, 9.17) is 19.8 Å². The molecule has 0 saturated carbocycles. The molecule has 3 rings (SSSR count). The number of hydrogen-bond acceptors (Lipinski definition) is 5. The molecule has 0 fully saturated rings. The van der Waals surface area contributed by atoms with E-state index in [1.807, 2.05) is 38.4 Å². The molecule has 168 valence electrons. The molecule has 0 saturated heterocycles. The molecule has 0 radical (unpaired) electrons. The first-order valence-corrected chi connectivity index (χ1v) is 9.74. The number of aromatic nitrogens is 1. The zero-order valence-electron chi connectivity index (χ0n) is 17.7. The van der Waals surface area contributed by atoms with Gasteiger partial charge < -0.3 is 20.4 Å². The number of carbonyl (C=O) groups is 3. The highest BCUT2D eigenvalue weighted by molar-refractivity contribution is 6.27. The second-order valence-electron chi connectivity index (χ2n) is 7.10. The molecule has 1 heterocycles. The fourth-order valence-electron chi connectivity index (χ4n) is 2.82. The predicted molar refractivity (Wildman–Crippen MR) is 118 cm³/mol. The van der Waals surface area contributed by atoms with Gasteiger partial charge in [0.25, 0.3) is 5.91 Å². The largest absolute Gasteiger partial charge is 0.473 e. The highest BCUT2D eigenvalue weighted by atomic mass is 19.1. The SMILES string of the molecule is CN(C)CCCNC(=O)c1cc(-c2ccc(F)cc2)nc2ccccc12.O=C(O)C(=O)O. The van der Waals surface area contributed by atoms with Crippen LogP contribution < -0.4 is 5.32 Å². The molecule has 8 nitrogen and oxygen atoms in total. The van der Waals surface area contributed by atoms with Gasteiger partial charge in [-0.25, -0.2) is 19.0 Å². The molecule has 0 aliphatic rings. The van der Waals surface area contributed by atoms with E-state index in [1.165, 1.54) is 12.1 Å². The number of aliphatic carboxylic acids is 2. The van der Waals surface area contributed by atoms with Crippen LogP contribution in [0.2, 0.25) is 0 Å². The van der Waals surface area contributed by atoms with E-state index in [-0.39, 0.29) is 11.7 Å². The normalized spacial score (nSPS) is 10.4. The van der Waals surface area contributed by atoms with Crippen LogP contribution in [0, 0.1) is 5.82 Å². The van der Waals surface area contributed by atoms with E-state index in [9.17, 15) is 9.18 Å². The molecule has 0 aliphatic heterocycles. The molecule has 1 amide bonds. The van der Waals surface area contributed by atoms with Crippen LogP contribution in [0.25, 0.3) is 22.2 Å². The van der Waals surface area contributed by atoms with Crippen LogP contribution >= 0.6 is 0 Å². The quantitative estimate of drug-likeness (QED) is 0.397. The number of amides is 1. The van der Waals surface area contributed by atoms with Crippen LogP contribution in [0.1, 0.15) is 16.8 Å². The number of carboxylic acid groups (broad SMARTS) is 2. The van der Waals surface area contributed by atoms with Gasteiger partial charge in [-0.3, -0.25) is 4.79 Å². The number of hydrogen-bond donors (Lipinski definition) is 3. The smallest absolute Gasteiger partial charge is 0.414 e. The molecular formula is C23H24FN3O5. The molecule has 0 spiro atoms. The second kappa shape index (κ2) is 11.5. The molecule has 0 bridgehead atoms. The average molecular weight is 441 g/mol. The Morgan fingerprint density at radius 2 is 1.62 bits per heavy atom. The zero-order chi connectivity index (χ0) is 23.7. The minimum absolute atomic E-state index is 0.120. The number of pyridine rings is 1. The lowest BCUT2D eigenvalue weighted by molar-refractivity contribution is -0.159. The molecule has 3 N–H and O–H groups in total. The topological polar surface area (TPSA) is 120 Å². The van der Waals surface area contributed by atoms with Gasteiger partial charge in [0.2, 0.25) is 0 Å². The van der Waals surface area contributed by atoms with Crippen molar-refractivity contribution in [2.45, 2.75) is 6.42 Å². The van der Waals surface area contributed by atoms with E-state index >= 15 is 0 Å². The first kappa shape index (κ1) is 24.4. The molecule has 9 heteroatoms. The maximum atomic E-state index is 13.2. The third-order valence-electron chi connectivity index (χ3n) is 4.35. The van der Waals surface area contributed by atoms with Gasteiger partial charge in [-0.1, -0.05) is 18.2 Å². The molecule has 0 atom stereocenters. The van der Waals surface area contributed by atoms with Crippen molar-refractivity contribution in [3.63, 3.8) is 0 Å².